The number of aromatic hydroxyl groups is 2. The summed E-state index contributed by atoms with van der Waals surface area (Å²) in [4.78, 5) is 0. The smallest absolute Gasteiger partial charge is 0.116 e. The van der Waals surface area contributed by atoms with Crippen molar-refractivity contribution in [3.63, 3.8) is 0 Å². The third-order valence-corrected chi connectivity index (χ3v) is 6.33. The molecule has 4 rings (SSSR count). The van der Waals surface area contributed by atoms with Crippen LogP contribution >= 0.6 is 0 Å². The third-order valence-electron chi connectivity index (χ3n) is 6.33. The van der Waals surface area contributed by atoms with Crippen molar-refractivity contribution in [2.45, 2.75) is 43.9 Å². The summed E-state index contributed by atoms with van der Waals surface area (Å²) in [5.74, 6) is 1.74. The molecule has 24 heavy (non-hydrogen) atoms. The van der Waals surface area contributed by atoms with Crippen LogP contribution in [-0.2, 0) is 11.8 Å². The topological polar surface area (TPSA) is 40.5 Å². The van der Waals surface area contributed by atoms with Crippen molar-refractivity contribution in [1.82, 2.24) is 0 Å². The molecule has 1 fully saturated rings. The molecule has 2 nitrogen and oxygen atoms in total. The molecule has 0 aliphatic heterocycles. The van der Waals surface area contributed by atoms with Gasteiger partial charge in [0, 0.05) is 0 Å². The number of hydrogen-bond donors (Lipinski definition) is 2. The van der Waals surface area contributed by atoms with E-state index in [0.29, 0.717) is 23.3 Å². The Balaban J connectivity index is 1.90. The van der Waals surface area contributed by atoms with Crippen LogP contribution in [0, 0.1) is 5.92 Å². The Morgan fingerprint density at radius 1 is 1.08 bits per heavy atom. The highest BCUT2D eigenvalue weighted by Crippen LogP contribution is 2.56. The van der Waals surface area contributed by atoms with E-state index in [1.807, 2.05) is 18.2 Å². The van der Waals surface area contributed by atoms with Crippen LogP contribution in [0.1, 0.15) is 54.4 Å². The van der Waals surface area contributed by atoms with Gasteiger partial charge < -0.3 is 10.2 Å². The van der Waals surface area contributed by atoms with E-state index >= 15 is 0 Å². The highest BCUT2D eigenvalue weighted by molar-refractivity contribution is 5.60. The largest absolute Gasteiger partial charge is 0.508 e. The van der Waals surface area contributed by atoms with Crippen LogP contribution in [0.3, 0.4) is 0 Å². The summed E-state index contributed by atoms with van der Waals surface area (Å²) in [5, 5.41) is 19.8. The van der Waals surface area contributed by atoms with Crippen molar-refractivity contribution in [2.75, 3.05) is 0 Å². The molecule has 2 aromatic rings. The molecule has 124 valence electrons. The molecule has 1 saturated carbocycles. The van der Waals surface area contributed by atoms with E-state index in [2.05, 4.69) is 25.6 Å². The van der Waals surface area contributed by atoms with Gasteiger partial charge in [-0.05, 0) is 83.0 Å². The van der Waals surface area contributed by atoms with Crippen LogP contribution < -0.4 is 0 Å². The Hall–Kier alpha value is -2.22. The van der Waals surface area contributed by atoms with Crippen LogP contribution in [-0.4, -0.2) is 10.2 Å². The maximum atomic E-state index is 10.1. The van der Waals surface area contributed by atoms with E-state index in [0.717, 1.165) is 12.0 Å². The summed E-state index contributed by atoms with van der Waals surface area (Å²) >= 11 is 0. The van der Waals surface area contributed by atoms with E-state index in [1.165, 1.54) is 36.0 Å². The second kappa shape index (κ2) is 5.41. The average Bonchev–Trinajstić information content (AvgIpc) is 3.07. The minimum atomic E-state index is 0.0522. The second-order valence-electron chi connectivity index (χ2n) is 7.59. The summed E-state index contributed by atoms with van der Waals surface area (Å²) < 4.78 is 0. The van der Waals surface area contributed by atoms with Gasteiger partial charge in [-0.15, -0.1) is 0 Å². The maximum absolute atomic E-state index is 10.1. The molecular formula is C22H24O2. The van der Waals surface area contributed by atoms with Crippen LogP contribution in [0.15, 0.2) is 43.0 Å². The van der Waals surface area contributed by atoms with E-state index in [4.69, 9.17) is 0 Å². The lowest BCUT2D eigenvalue weighted by molar-refractivity contribution is 0.248. The van der Waals surface area contributed by atoms with Gasteiger partial charge >= 0.3 is 0 Å². The predicted octanol–water partition coefficient (Wildman–Crippen LogP) is 5.14. The Kier molecular flexibility index (Phi) is 3.45. The maximum Gasteiger partial charge on any atom is 0.116 e. The number of phenolic OH excluding ortho intramolecular Hbond substituents is 2. The van der Waals surface area contributed by atoms with Crippen molar-refractivity contribution >= 4 is 6.08 Å². The van der Waals surface area contributed by atoms with Gasteiger partial charge in [-0.25, -0.2) is 0 Å². The predicted molar refractivity (Wildman–Crippen MR) is 97.4 cm³/mol. The fourth-order valence-corrected chi connectivity index (χ4v) is 5.17. The summed E-state index contributed by atoms with van der Waals surface area (Å²) in [6.45, 7) is 6.32. The van der Waals surface area contributed by atoms with Crippen molar-refractivity contribution in [3.8, 4) is 11.5 Å². The monoisotopic (exact) mass is 320 g/mol. The van der Waals surface area contributed by atoms with Crippen molar-refractivity contribution < 1.29 is 10.2 Å². The zero-order chi connectivity index (χ0) is 16.9. The number of rotatable bonds is 2. The van der Waals surface area contributed by atoms with E-state index in [9.17, 15) is 10.2 Å². The molecule has 0 amide bonds. The minimum Gasteiger partial charge on any atom is -0.508 e. The number of hydrogen-bond acceptors (Lipinski definition) is 2. The fourth-order valence-electron chi connectivity index (χ4n) is 5.17. The standard InChI is InChI=1S/C22H24O2/c1-3-14-11-17(24)12-19-18-5-4-6-21(18)22(2,13-20(14)19)15-7-9-16(23)10-8-15/h3,7-12,18,21,23-24H,1,4-6,13H2,2H3/t18-,21-,22+/m0/s1. The lowest BCUT2D eigenvalue weighted by Crippen LogP contribution is -2.40. The summed E-state index contributed by atoms with van der Waals surface area (Å²) in [6, 6.07) is 11.5. The van der Waals surface area contributed by atoms with Gasteiger partial charge in [0.05, 0.1) is 0 Å². The van der Waals surface area contributed by atoms with Crippen molar-refractivity contribution in [1.29, 1.82) is 0 Å². The van der Waals surface area contributed by atoms with Gasteiger partial charge in [-0.1, -0.05) is 38.1 Å². The Morgan fingerprint density at radius 2 is 1.83 bits per heavy atom. The highest BCUT2D eigenvalue weighted by Gasteiger charge is 2.48. The molecule has 2 aliphatic rings. The first-order chi connectivity index (χ1) is 11.5. The van der Waals surface area contributed by atoms with E-state index in [1.54, 1.807) is 12.1 Å². The zero-order valence-electron chi connectivity index (χ0n) is 14.1. The SMILES string of the molecule is C=Cc1cc(O)cc2c1C[C@](C)(c1ccc(O)cc1)[C@H]1CCC[C@@H]21. The molecule has 2 aromatic carbocycles. The molecular weight excluding hydrogens is 296 g/mol. The minimum absolute atomic E-state index is 0.0522. The van der Waals surface area contributed by atoms with Gasteiger partial charge in [0.1, 0.15) is 11.5 Å². The summed E-state index contributed by atoms with van der Waals surface area (Å²) in [6.07, 6.45) is 6.47. The molecule has 3 atom stereocenters. The quantitative estimate of drug-likeness (QED) is 0.804. The molecule has 0 unspecified atom stereocenters. The Morgan fingerprint density at radius 3 is 2.54 bits per heavy atom. The van der Waals surface area contributed by atoms with Crippen molar-refractivity contribution in [3.05, 3.63) is 65.2 Å². The Labute approximate surface area is 143 Å². The number of phenols is 2. The van der Waals surface area contributed by atoms with E-state index in [-0.39, 0.29) is 5.41 Å². The van der Waals surface area contributed by atoms with Crippen LogP contribution in [0.2, 0.25) is 0 Å². The molecule has 0 heterocycles. The molecule has 2 N–H and O–H groups in total. The molecule has 2 heteroatoms. The third kappa shape index (κ3) is 2.16. The highest BCUT2D eigenvalue weighted by atomic mass is 16.3. The van der Waals surface area contributed by atoms with E-state index < -0.39 is 0 Å². The number of benzene rings is 2. The Bertz CT molecular complexity index is 790. The average molecular weight is 320 g/mol. The van der Waals surface area contributed by atoms with Gasteiger partial charge in [-0.3, -0.25) is 0 Å². The van der Waals surface area contributed by atoms with Gasteiger partial charge in [0.25, 0.3) is 0 Å². The molecule has 0 aromatic heterocycles. The van der Waals surface area contributed by atoms with Gasteiger partial charge in [-0.2, -0.15) is 0 Å². The van der Waals surface area contributed by atoms with Crippen LogP contribution in [0.5, 0.6) is 11.5 Å². The van der Waals surface area contributed by atoms with Gasteiger partial charge in [0.15, 0.2) is 0 Å². The first kappa shape index (κ1) is 15.3. The zero-order valence-corrected chi connectivity index (χ0v) is 14.1. The first-order valence-electron chi connectivity index (χ1n) is 8.80. The molecule has 0 saturated heterocycles. The molecule has 2 aliphatic carbocycles. The first-order valence-corrected chi connectivity index (χ1v) is 8.80. The fraction of sp³-hybridized carbons (Fsp3) is 0.364. The summed E-state index contributed by atoms with van der Waals surface area (Å²) in [7, 11) is 0. The lowest BCUT2D eigenvalue weighted by Gasteiger charge is -2.45. The lowest BCUT2D eigenvalue weighted by atomic mass is 9.58. The molecule has 0 spiro atoms. The normalized spacial score (nSPS) is 28.2. The molecule has 0 radical (unpaired) electrons. The van der Waals surface area contributed by atoms with Crippen LogP contribution in [0.25, 0.3) is 6.08 Å². The second-order valence-corrected chi connectivity index (χ2v) is 7.59. The van der Waals surface area contributed by atoms with Crippen molar-refractivity contribution in [2.24, 2.45) is 5.92 Å². The molecule has 0 bridgehead atoms. The van der Waals surface area contributed by atoms with Crippen LogP contribution in [0.4, 0.5) is 0 Å². The van der Waals surface area contributed by atoms with Gasteiger partial charge in [0.2, 0.25) is 0 Å². The summed E-state index contributed by atoms with van der Waals surface area (Å²) in [5.41, 5.74) is 5.06. The number of fused-ring (bicyclic) bond motifs is 3.